The van der Waals surface area contributed by atoms with Crippen LogP contribution in [0.15, 0.2) is 24.3 Å². The Morgan fingerprint density at radius 3 is 2.75 bits per heavy atom. The molecular weight excluding hydrogens is 244 g/mol. The van der Waals surface area contributed by atoms with Gasteiger partial charge in [0.2, 0.25) is 0 Å². The van der Waals surface area contributed by atoms with E-state index in [9.17, 15) is 0 Å². The summed E-state index contributed by atoms with van der Waals surface area (Å²) < 4.78 is 0. The topological polar surface area (TPSA) is 29.3 Å². The maximum absolute atomic E-state index is 6.34. The summed E-state index contributed by atoms with van der Waals surface area (Å²) in [7, 11) is 0. The third-order valence-electron chi connectivity index (χ3n) is 5.33. The van der Waals surface area contributed by atoms with E-state index in [0.29, 0.717) is 0 Å². The smallest absolute Gasteiger partial charge is 0.0417 e. The van der Waals surface area contributed by atoms with Gasteiger partial charge in [-0.2, -0.15) is 0 Å². The van der Waals surface area contributed by atoms with Gasteiger partial charge in [0.15, 0.2) is 0 Å². The number of hydrogen-bond donors (Lipinski definition) is 1. The first-order valence-electron chi connectivity index (χ1n) is 8.42. The first-order valence-corrected chi connectivity index (χ1v) is 8.42. The van der Waals surface area contributed by atoms with E-state index in [-0.39, 0.29) is 6.04 Å². The zero-order valence-corrected chi connectivity index (χ0v) is 12.7. The second-order valence-electron chi connectivity index (χ2n) is 6.52. The van der Waals surface area contributed by atoms with Crippen LogP contribution >= 0.6 is 0 Å². The van der Waals surface area contributed by atoms with Crippen LogP contribution in [0.1, 0.15) is 63.5 Å². The molecule has 2 N–H and O–H groups in total. The van der Waals surface area contributed by atoms with E-state index in [1.165, 1.54) is 56.3 Å². The van der Waals surface area contributed by atoms with Crippen LogP contribution in [-0.4, -0.2) is 12.6 Å². The van der Waals surface area contributed by atoms with Crippen molar-refractivity contribution in [1.29, 1.82) is 0 Å². The zero-order chi connectivity index (χ0) is 13.9. The summed E-state index contributed by atoms with van der Waals surface area (Å²) in [6.07, 6.45) is 9.44. The minimum absolute atomic E-state index is 0.176. The first-order chi connectivity index (χ1) is 9.81. The van der Waals surface area contributed by atoms with E-state index >= 15 is 0 Å². The summed E-state index contributed by atoms with van der Waals surface area (Å²) in [4.78, 5) is 2.69. The van der Waals surface area contributed by atoms with Crippen LogP contribution in [0.4, 0.5) is 5.69 Å². The molecule has 2 aliphatic rings. The summed E-state index contributed by atoms with van der Waals surface area (Å²) in [5, 5.41) is 0. The lowest BCUT2D eigenvalue weighted by Gasteiger charge is -2.46. The van der Waals surface area contributed by atoms with Crippen molar-refractivity contribution >= 4 is 5.69 Å². The number of anilines is 1. The van der Waals surface area contributed by atoms with Crippen LogP contribution in [0.2, 0.25) is 0 Å². The van der Waals surface area contributed by atoms with Crippen LogP contribution in [0.3, 0.4) is 0 Å². The summed E-state index contributed by atoms with van der Waals surface area (Å²) >= 11 is 0. The van der Waals surface area contributed by atoms with Crippen LogP contribution in [0.5, 0.6) is 0 Å². The van der Waals surface area contributed by atoms with Gasteiger partial charge in [0.1, 0.15) is 0 Å². The van der Waals surface area contributed by atoms with Crippen molar-refractivity contribution in [2.75, 3.05) is 11.4 Å². The van der Waals surface area contributed by atoms with Crippen molar-refractivity contribution in [2.45, 2.75) is 64.0 Å². The van der Waals surface area contributed by atoms with Crippen molar-refractivity contribution in [1.82, 2.24) is 0 Å². The van der Waals surface area contributed by atoms with E-state index in [1.54, 1.807) is 0 Å². The molecule has 0 bridgehead atoms. The van der Waals surface area contributed by atoms with Gasteiger partial charge in [0.05, 0.1) is 0 Å². The van der Waals surface area contributed by atoms with Gasteiger partial charge < -0.3 is 10.6 Å². The maximum Gasteiger partial charge on any atom is 0.0417 e. The average molecular weight is 272 g/mol. The van der Waals surface area contributed by atoms with E-state index in [1.807, 2.05) is 0 Å². The second kappa shape index (κ2) is 6.17. The van der Waals surface area contributed by atoms with Gasteiger partial charge in [-0.3, -0.25) is 0 Å². The minimum atomic E-state index is 0.176. The summed E-state index contributed by atoms with van der Waals surface area (Å²) in [5.41, 5.74) is 9.11. The Bertz CT molecular complexity index is 441. The van der Waals surface area contributed by atoms with Crippen LogP contribution in [0, 0.1) is 5.92 Å². The van der Waals surface area contributed by atoms with Crippen LogP contribution in [-0.2, 0) is 0 Å². The van der Waals surface area contributed by atoms with Gasteiger partial charge in [-0.15, -0.1) is 0 Å². The summed E-state index contributed by atoms with van der Waals surface area (Å²) in [6, 6.07) is 9.78. The molecule has 1 aliphatic carbocycles. The van der Waals surface area contributed by atoms with E-state index in [0.717, 1.165) is 18.4 Å². The minimum Gasteiger partial charge on any atom is -0.368 e. The first kappa shape index (κ1) is 13.9. The fourth-order valence-corrected chi connectivity index (χ4v) is 4.21. The van der Waals surface area contributed by atoms with Gasteiger partial charge in [-0.1, -0.05) is 38.0 Å². The number of hydrogen-bond acceptors (Lipinski definition) is 2. The molecule has 2 fully saturated rings. The third-order valence-corrected chi connectivity index (χ3v) is 5.33. The quantitative estimate of drug-likeness (QED) is 0.891. The van der Waals surface area contributed by atoms with Gasteiger partial charge in [0.25, 0.3) is 0 Å². The molecule has 0 radical (unpaired) electrons. The molecule has 1 saturated carbocycles. The van der Waals surface area contributed by atoms with Crippen molar-refractivity contribution in [3.05, 3.63) is 29.8 Å². The number of rotatable bonds is 3. The molecule has 0 amide bonds. The number of fused-ring (bicyclic) bond motifs is 1. The Morgan fingerprint density at radius 2 is 1.90 bits per heavy atom. The molecule has 1 aromatic carbocycles. The molecular formula is C18H28N2. The molecule has 1 aliphatic heterocycles. The number of piperidine rings is 1. The average Bonchev–Trinajstić information content (AvgIpc) is 2.53. The SMILES string of the molecule is CCC(N)c1ccccc1N1CCCC2CCCCC21. The normalized spacial score (nSPS) is 28.0. The predicted molar refractivity (Wildman–Crippen MR) is 86.0 cm³/mol. The van der Waals surface area contributed by atoms with E-state index < -0.39 is 0 Å². The van der Waals surface area contributed by atoms with Gasteiger partial charge >= 0.3 is 0 Å². The second-order valence-corrected chi connectivity index (χ2v) is 6.52. The molecule has 3 atom stereocenters. The number of nitrogens with zero attached hydrogens (tertiary/aromatic N) is 1. The highest BCUT2D eigenvalue weighted by Gasteiger charge is 2.34. The standard InChI is InChI=1S/C18H28N2/c1-2-16(19)15-10-4-6-12-18(15)20-13-7-9-14-8-3-5-11-17(14)20/h4,6,10,12,14,16-17H,2-3,5,7-9,11,13,19H2,1H3. The monoisotopic (exact) mass is 272 g/mol. The molecule has 20 heavy (non-hydrogen) atoms. The van der Waals surface area contributed by atoms with Gasteiger partial charge in [-0.05, 0) is 49.7 Å². The lowest BCUT2D eigenvalue weighted by molar-refractivity contribution is 0.243. The molecule has 3 unspecified atom stereocenters. The lowest BCUT2D eigenvalue weighted by atomic mass is 9.78. The number of para-hydroxylation sites is 1. The summed E-state index contributed by atoms with van der Waals surface area (Å²) in [6.45, 7) is 3.40. The van der Waals surface area contributed by atoms with Gasteiger partial charge in [-0.25, -0.2) is 0 Å². The Labute approximate surface area is 123 Å². The molecule has 110 valence electrons. The molecule has 2 heteroatoms. The Morgan fingerprint density at radius 1 is 1.15 bits per heavy atom. The van der Waals surface area contributed by atoms with Gasteiger partial charge in [0, 0.05) is 24.3 Å². The fourth-order valence-electron chi connectivity index (χ4n) is 4.21. The Hall–Kier alpha value is -1.02. The Balaban J connectivity index is 1.91. The highest BCUT2D eigenvalue weighted by molar-refractivity contribution is 5.56. The zero-order valence-electron chi connectivity index (χ0n) is 12.7. The van der Waals surface area contributed by atoms with Crippen molar-refractivity contribution in [3.8, 4) is 0 Å². The molecule has 1 saturated heterocycles. The molecule has 3 rings (SSSR count). The van der Waals surface area contributed by atoms with Crippen molar-refractivity contribution < 1.29 is 0 Å². The fraction of sp³-hybridized carbons (Fsp3) is 0.667. The number of benzene rings is 1. The van der Waals surface area contributed by atoms with Crippen LogP contribution in [0.25, 0.3) is 0 Å². The largest absolute Gasteiger partial charge is 0.368 e. The highest BCUT2D eigenvalue weighted by Crippen LogP contribution is 2.39. The highest BCUT2D eigenvalue weighted by atomic mass is 15.2. The third kappa shape index (κ3) is 2.58. The number of nitrogens with two attached hydrogens (primary N) is 1. The Kier molecular flexibility index (Phi) is 4.30. The molecule has 1 aromatic rings. The molecule has 2 nitrogen and oxygen atoms in total. The van der Waals surface area contributed by atoms with Crippen molar-refractivity contribution in [3.63, 3.8) is 0 Å². The van der Waals surface area contributed by atoms with E-state index in [2.05, 4.69) is 36.1 Å². The van der Waals surface area contributed by atoms with Crippen LogP contribution < -0.4 is 10.6 Å². The molecule has 0 spiro atoms. The summed E-state index contributed by atoms with van der Waals surface area (Å²) in [5.74, 6) is 0.920. The molecule has 0 aromatic heterocycles. The van der Waals surface area contributed by atoms with Crippen molar-refractivity contribution in [2.24, 2.45) is 11.7 Å². The molecule has 1 heterocycles. The van der Waals surface area contributed by atoms with E-state index in [4.69, 9.17) is 5.73 Å². The predicted octanol–water partition coefficient (Wildman–Crippen LogP) is 4.26. The lowest BCUT2D eigenvalue weighted by Crippen LogP contribution is -2.47. The maximum atomic E-state index is 6.34.